The second kappa shape index (κ2) is 8.59. The van der Waals surface area contributed by atoms with Gasteiger partial charge in [0.05, 0.1) is 10.9 Å². The fourth-order valence-corrected chi connectivity index (χ4v) is 3.91. The molecule has 1 N–H and O–H groups in total. The molecule has 0 aliphatic heterocycles. The number of hydrogen-bond donors (Lipinski definition) is 1. The highest BCUT2D eigenvalue weighted by Crippen LogP contribution is 2.22. The molecular weight excluding hydrogens is 384 g/mol. The summed E-state index contributed by atoms with van der Waals surface area (Å²) >= 11 is 0. The van der Waals surface area contributed by atoms with Gasteiger partial charge in [-0.05, 0) is 41.8 Å². The molecule has 0 spiro atoms. The van der Waals surface area contributed by atoms with E-state index in [2.05, 4.69) is 17.4 Å². The van der Waals surface area contributed by atoms with E-state index in [1.54, 1.807) is 12.1 Å². The van der Waals surface area contributed by atoms with Crippen LogP contribution in [0.5, 0.6) is 0 Å². The normalized spacial score (nSPS) is 12.6. The first kappa shape index (κ1) is 20.8. The summed E-state index contributed by atoms with van der Waals surface area (Å²) in [7, 11) is -0.668. The number of benzene rings is 3. The Morgan fingerprint density at radius 3 is 2.10 bits per heavy atom. The zero-order valence-electron chi connectivity index (χ0n) is 16.7. The Bertz CT molecular complexity index is 1090. The Morgan fingerprint density at radius 1 is 0.862 bits per heavy atom. The molecule has 0 aliphatic rings. The maximum atomic E-state index is 12.6. The molecule has 0 radical (unpaired) electrons. The summed E-state index contributed by atoms with van der Waals surface area (Å²) in [5.41, 5.74) is 3.51. The highest BCUT2D eigenvalue weighted by molar-refractivity contribution is 7.89. The van der Waals surface area contributed by atoms with E-state index in [1.807, 2.05) is 49.4 Å². The number of nitrogens with one attached hydrogen (secondary N) is 1. The predicted molar refractivity (Wildman–Crippen MR) is 115 cm³/mol. The zero-order valence-corrected chi connectivity index (χ0v) is 17.5. The third-order valence-electron chi connectivity index (χ3n) is 4.74. The maximum Gasteiger partial charge on any atom is 0.251 e. The van der Waals surface area contributed by atoms with Gasteiger partial charge in [0, 0.05) is 19.7 Å². The Balaban J connectivity index is 1.74. The number of carbonyl (C=O) groups is 1. The lowest BCUT2D eigenvalue weighted by molar-refractivity contribution is 0.0939. The van der Waals surface area contributed by atoms with Crippen molar-refractivity contribution >= 4 is 15.9 Å². The van der Waals surface area contributed by atoms with Gasteiger partial charge in [-0.25, -0.2) is 12.7 Å². The van der Waals surface area contributed by atoms with Crippen LogP contribution in [0.1, 0.15) is 28.9 Å². The molecular formula is C23H24N2O3S. The molecule has 150 valence electrons. The number of hydrogen-bond acceptors (Lipinski definition) is 3. The minimum atomic E-state index is -3.59. The average Bonchev–Trinajstić information content (AvgIpc) is 2.74. The van der Waals surface area contributed by atoms with Crippen molar-refractivity contribution in [3.8, 4) is 11.1 Å². The second-order valence-corrected chi connectivity index (χ2v) is 9.15. The fourth-order valence-electron chi connectivity index (χ4n) is 2.97. The molecule has 1 amide bonds. The number of nitrogens with zero attached hydrogens (tertiary/aromatic N) is 1. The maximum absolute atomic E-state index is 12.6. The van der Waals surface area contributed by atoms with Crippen molar-refractivity contribution in [3.05, 3.63) is 90.0 Å². The van der Waals surface area contributed by atoms with E-state index in [4.69, 9.17) is 0 Å². The molecule has 29 heavy (non-hydrogen) atoms. The third kappa shape index (κ3) is 4.72. The van der Waals surface area contributed by atoms with Gasteiger partial charge in [-0.15, -0.1) is 0 Å². The van der Waals surface area contributed by atoms with E-state index < -0.39 is 10.0 Å². The molecule has 0 saturated carbocycles. The lowest BCUT2D eigenvalue weighted by Crippen LogP contribution is -2.27. The van der Waals surface area contributed by atoms with Crippen LogP contribution < -0.4 is 5.32 Å². The Labute approximate surface area is 172 Å². The first-order valence-corrected chi connectivity index (χ1v) is 10.7. The first-order chi connectivity index (χ1) is 13.8. The Hall–Kier alpha value is -2.96. The van der Waals surface area contributed by atoms with Gasteiger partial charge < -0.3 is 5.32 Å². The average molecular weight is 409 g/mol. The molecule has 1 atom stereocenters. The van der Waals surface area contributed by atoms with Crippen molar-refractivity contribution in [3.63, 3.8) is 0 Å². The molecule has 0 heterocycles. The van der Waals surface area contributed by atoms with Crippen LogP contribution in [-0.2, 0) is 10.0 Å². The van der Waals surface area contributed by atoms with Crippen molar-refractivity contribution < 1.29 is 13.2 Å². The van der Waals surface area contributed by atoms with Crippen molar-refractivity contribution in [2.45, 2.75) is 17.9 Å². The summed E-state index contributed by atoms with van der Waals surface area (Å²) in [6, 6.07) is 23.9. The minimum Gasteiger partial charge on any atom is -0.346 e. The van der Waals surface area contributed by atoms with E-state index in [1.165, 1.54) is 26.2 Å². The minimum absolute atomic E-state index is 0.0926. The Morgan fingerprint density at radius 2 is 1.48 bits per heavy atom. The van der Waals surface area contributed by atoms with E-state index in [9.17, 15) is 13.2 Å². The molecule has 6 heteroatoms. The SMILES string of the molecule is C[C@H](NC(=O)c1cccc(S(=O)(=O)N(C)C)c1)c1ccc(-c2ccccc2)cc1. The van der Waals surface area contributed by atoms with Crippen LogP contribution in [-0.4, -0.2) is 32.7 Å². The van der Waals surface area contributed by atoms with Crippen molar-refractivity contribution in [1.82, 2.24) is 9.62 Å². The first-order valence-electron chi connectivity index (χ1n) is 9.28. The van der Waals surface area contributed by atoms with Gasteiger partial charge in [-0.3, -0.25) is 4.79 Å². The molecule has 3 aromatic rings. The summed E-state index contributed by atoms with van der Waals surface area (Å²) in [4.78, 5) is 12.7. The van der Waals surface area contributed by atoms with E-state index in [0.717, 1.165) is 21.0 Å². The molecule has 0 aliphatic carbocycles. The fraction of sp³-hybridized carbons (Fsp3) is 0.174. The van der Waals surface area contributed by atoms with Gasteiger partial charge in [0.25, 0.3) is 5.91 Å². The van der Waals surface area contributed by atoms with Crippen molar-refractivity contribution in [2.75, 3.05) is 14.1 Å². The van der Waals surface area contributed by atoms with Crippen LogP contribution in [0.15, 0.2) is 83.8 Å². The molecule has 3 aromatic carbocycles. The molecule has 5 nitrogen and oxygen atoms in total. The number of amides is 1. The molecule has 3 rings (SSSR count). The van der Waals surface area contributed by atoms with Crippen LogP contribution in [0.4, 0.5) is 0 Å². The lowest BCUT2D eigenvalue weighted by atomic mass is 10.0. The summed E-state index contributed by atoms with van der Waals surface area (Å²) < 4.78 is 25.7. The topological polar surface area (TPSA) is 66.5 Å². The molecule has 0 fully saturated rings. The molecule has 0 bridgehead atoms. The number of carbonyl (C=O) groups excluding carboxylic acids is 1. The van der Waals surface area contributed by atoms with Gasteiger partial charge in [0.2, 0.25) is 10.0 Å². The van der Waals surface area contributed by atoms with E-state index in [0.29, 0.717) is 5.56 Å². The van der Waals surface area contributed by atoms with Gasteiger partial charge in [0.1, 0.15) is 0 Å². The van der Waals surface area contributed by atoms with Crippen molar-refractivity contribution in [1.29, 1.82) is 0 Å². The van der Waals surface area contributed by atoms with E-state index >= 15 is 0 Å². The smallest absolute Gasteiger partial charge is 0.251 e. The van der Waals surface area contributed by atoms with Gasteiger partial charge in [-0.1, -0.05) is 60.7 Å². The largest absolute Gasteiger partial charge is 0.346 e. The molecule has 0 saturated heterocycles. The third-order valence-corrected chi connectivity index (χ3v) is 6.55. The molecule has 0 unspecified atom stereocenters. The number of sulfonamides is 1. The van der Waals surface area contributed by atoms with Gasteiger partial charge in [-0.2, -0.15) is 0 Å². The summed E-state index contributed by atoms with van der Waals surface area (Å²) in [6.07, 6.45) is 0. The predicted octanol–water partition coefficient (Wildman–Crippen LogP) is 4.09. The number of rotatable bonds is 6. The highest BCUT2D eigenvalue weighted by Gasteiger charge is 2.19. The second-order valence-electron chi connectivity index (χ2n) is 7.00. The van der Waals surface area contributed by atoms with Crippen LogP contribution in [0.25, 0.3) is 11.1 Å². The van der Waals surface area contributed by atoms with Gasteiger partial charge >= 0.3 is 0 Å². The lowest BCUT2D eigenvalue weighted by Gasteiger charge is -2.16. The van der Waals surface area contributed by atoms with Crippen LogP contribution >= 0.6 is 0 Å². The Kier molecular flexibility index (Phi) is 6.15. The summed E-state index contributed by atoms with van der Waals surface area (Å²) in [6.45, 7) is 1.90. The summed E-state index contributed by atoms with van der Waals surface area (Å²) in [5.74, 6) is -0.319. The quantitative estimate of drug-likeness (QED) is 0.668. The summed E-state index contributed by atoms with van der Waals surface area (Å²) in [5, 5.41) is 2.93. The monoisotopic (exact) mass is 408 g/mol. The van der Waals surface area contributed by atoms with Crippen molar-refractivity contribution in [2.24, 2.45) is 0 Å². The van der Waals surface area contributed by atoms with E-state index in [-0.39, 0.29) is 16.8 Å². The van der Waals surface area contributed by atoms with Crippen LogP contribution in [0.2, 0.25) is 0 Å². The molecule has 0 aromatic heterocycles. The zero-order chi connectivity index (χ0) is 21.0. The van der Waals surface area contributed by atoms with Gasteiger partial charge in [0.15, 0.2) is 0 Å². The van der Waals surface area contributed by atoms with Crippen LogP contribution in [0.3, 0.4) is 0 Å². The van der Waals surface area contributed by atoms with Crippen LogP contribution in [0, 0.1) is 0 Å². The standard InChI is InChI=1S/C23H24N2O3S/c1-17(18-12-14-20(15-13-18)19-8-5-4-6-9-19)24-23(26)21-10-7-11-22(16-21)29(27,28)25(2)3/h4-17H,1-3H3,(H,24,26)/t17-/m0/s1. The highest BCUT2D eigenvalue weighted by atomic mass is 32.2.